The van der Waals surface area contributed by atoms with Crippen molar-refractivity contribution in [1.82, 2.24) is 5.32 Å². The van der Waals surface area contributed by atoms with Gasteiger partial charge in [-0.15, -0.1) is 0 Å². The lowest BCUT2D eigenvalue weighted by molar-refractivity contribution is -0.233. The van der Waals surface area contributed by atoms with E-state index in [0.29, 0.717) is 41.9 Å². The summed E-state index contributed by atoms with van der Waals surface area (Å²) in [6.07, 6.45) is 10.6. The van der Waals surface area contributed by atoms with Crippen LogP contribution in [0.15, 0.2) is 12.2 Å². The number of ketones is 1. The Balaban J connectivity index is 1.48. The van der Waals surface area contributed by atoms with Crippen LogP contribution in [0.1, 0.15) is 112 Å². The molecule has 0 spiro atoms. The van der Waals surface area contributed by atoms with Gasteiger partial charge in [-0.3, -0.25) is 14.4 Å². The van der Waals surface area contributed by atoms with Crippen LogP contribution in [-0.4, -0.2) is 31.3 Å². The third kappa shape index (κ3) is 3.86. The largest absolute Gasteiger partial charge is 0.469 e. The second-order valence-electron chi connectivity index (χ2n) is 15.6. The third-order valence-electron chi connectivity index (χ3n) is 14.1. The number of carbonyl (C=O) groups is 3. The van der Waals surface area contributed by atoms with Gasteiger partial charge in [-0.05, 0) is 111 Å². The van der Waals surface area contributed by atoms with Crippen molar-refractivity contribution in [2.24, 2.45) is 56.7 Å². The van der Waals surface area contributed by atoms with Crippen molar-refractivity contribution >= 4 is 17.7 Å². The van der Waals surface area contributed by atoms with Crippen LogP contribution in [0.3, 0.4) is 0 Å². The van der Waals surface area contributed by atoms with Crippen LogP contribution in [0.5, 0.6) is 0 Å². The molecular weight excluding hydrogens is 486 g/mol. The smallest absolute Gasteiger partial charge is 0.307 e. The minimum absolute atomic E-state index is 0.151. The quantitative estimate of drug-likeness (QED) is 0.305. The maximum absolute atomic E-state index is 14.0. The van der Waals surface area contributed by atoms with E-state index in [9.17, 15) is 14.4 Å². The number of Topliss-reactive ketones (excluding diaryl/α,β-unsaturated/α-hetero) is 1. The van der Waals surface area contributed by atoms with Crippen LogP contribution < -0.4 is 5.32 Å². The Kier molecular flexibility index (Phi) is 6.99. The second kappa shape index (κ2) is 9.44. The van der Waals surface area contributed by atoms with Crippen LogP contribution in [0.4, 0.5) is 0 Å². The van der Waals surface area contributed by atoms with E-state index in [1.807, 2.05) is 0 Å². The van der Waals surface area contributed by atoms with Crippen LogP contribution in [0, 0.1) is 56.7 Å². The van der Waals surface area contributed by atoms with E-state index in [0.717, 1.165) is 44.9 Å². The van der Waals surface area contributed by atoms with Crippen LogP contribution >= 0.6 is 0 Å². The summed E-state index contributed by atoms with van der Waals surface area (Å²) in [5.41, 5.74) is 1.19. The molecule has 0 heterocycles. The van der Waals surface area contributed by atoms with Crippen molar-refractivity contribution in [3.8, 4) is 0 Å². The third-order valence-corrected chi connectivity index (χ3v) is 14.1. The number of amides is 1. The lowest BCUT2D eigenvalue weighted by Gasteiger charge is -2.72. The summed E-state index contributed by atoms with van der Waals surface area (Å²) in [6.45, 7) is 19.1. The van der Waals surface area contributed by atoms with E-state index in [1.165, 1.54) is 31.9 Å². The molecule has 5 fully saturated rings. The number of fused-ring (bicyclic) bond motifs is 7. The maximum Gasteiger partial charge on any atom is 0.307 e. The predicted octanol–water partition coefficient (Wildman–Crippen LogP) is 6.89. The van der Waals surface area contributed by atoms with Gasteiger partial charge in [-0.1, -0.05) is 46.8 Å². The molecule has 0 aromatic carbocycles. The van der Waals surface area contributed by atoms with Crippen molar-refractivity contribution in [1.29, 1.82) is 0 Å². The highest BCUT2D eigenvalue weighted by molar-refractivity contribution is 5.86. The number of hydrogen-bond donors (Lipinski definition) is 1. The molecule has 39 heavy (non-hydrogen) atoms. The summed E-state index contributed by atoms with van der Waals surface area (Å²) in [6, 6.07) is 0. The fourth-order valence-electron chi connectivity index (χ4n) is 11.9. The fourth-order valence-corrected chi connectivity index (χ4v) is 11.9. The summed E-state index contributed by atoms with van der Waals surface area (Å²) in [5.74, 6) is 2.57. The Morgan fingerprint density at radius 3 is 2.31 bits per heavy atom. The highest BCUT2D eigenvalue weighted by Crippen LogP contribution is 2.77. The van der Waals surface area contributed by atoms with Gasteiger partial charge in [0.05, 0.1) is 18.9 Å². The summed E-state index contributed by atoms with van der Waals surface area (Å²) in [5, 5.41) is 3.17. The minimum Gasteiger partial charge on any atom is -0.469 e. The predicted molar refractivity (Wildman–Crippen MR) is 154 cm³/mol. The lowest BCUT2D eigenvalue weighted by atomic mass is 9.32. The maximum atomic E-state index is 14.0. The summed E-state index contributed by atoms with van der Waals surface area (Å²) in [7, 11) is 1.40. The van der Waals surface area contributed by atoms with Gasteiger partial charge >= 0.3 is 5.97 Å². The van der Waals surface area contributed by atoms with E-state index >= 15 is 0 Å². The van der Waals surface area contributed by atoms with Gasteiger partial charge in [0.1, 0.15) is 5.78 Å². The molecule has 5 nitrogen and oxygen atoms in total. The molecule has 5 saturated carbocycles. The molecule has 0 aliphatic heterocycles. The van der Waals surface area contributed by atoms with Gasteiger partial charge in [-0.2, -0.15) is 0 Å². The number of nitrogens with one attached hydrogen (secondary N) is 1. The van der Waals surface area contributed by atoms with E-state index in [4.69, 9.17) is 4.74 Å². The van der Waals surface area contributed by atoms with Gasteiger partial charge < -0.3 is 10.1 Å². The topological polar surface area (TPSA) is 72.5 Å². The molecule has 5 aliphatic carbocycles. The molecule has 1 amide bonds. The molecule has 0 unspecified atom stereocenters. The zero-order valence-corrected chi connectivity index (χ0v) is 25.7. The van der Waals surface area contributed by atoms with Crippen molar-refractivity contribution in [3.05, 3.63) is 12.2 Å². The first-order valence-corrected chi connectivity index (χ1v) is 15.7. The minimum atomic E-state index is -0.368. The highest BCUT2D eigenvalue weighted by Gasteiger charge is 2.71. The molecule has 218 valence electrons. The van der Waals surface area contributed by atoms with E-state index in [2.05, 4.69) is 53.4 Å². The molecule has 0 aromatic rings. The van der Waals surface area contributed by atoms with Crippen LogP contribution in [0.2, 0.25) is 0 Å². The zero-order valence-electron chi connectivity index (χ0n) is 25.7. The zero-order chi connectivity index (χ0) is 28.6. The van der Waals surface area contributed by atoms with Gasteiger partial charge in [0.2, 0.25) is 5.91 Å². The molecule has 0 bridgehead atoms. The number of allylic oxidation sites excluding steroid dienone is 1. The first-order chi connectivity index (χ1) is 18.2. The normalized spacial score (nSPS) is 46.2. The molecule has 0 radical (unpaired) electrons. The highest BCUT2D eigenvalue weighted by atomic mass is 16.5. The average Bonchev–Trinajstić information content (AvgIpc) is 3.28. The summed E-state index contributed by atoms with van der Waals surface area (Å²) >= 11 is 0. The SMILES string of the molecule is C=C(C)[C@@H]1CC[C@]2(C(=O)NCCC(=O)OC)CC[C@]3(C)[C@H](CC[C@@H]4[C@@]5(C)CCC(=O)C(C)(C)[C@@H]5CC[C@]43C)[C@@H]12. The molecule has 5 heteroatoms. The number of methoxy groups -OCH3 is 1. The summed E-state index contributed by atoms with van der Waals surface area (Å²) < 4.78 is 4.80. The van der Waals surface area contributed by atoms with Gasteiger partial charge in [0.25, 0.3) is 0 Å². The first kappa shape index (κ1) is 28.9. The average molecular weight is 540 g/mol. The van der Waals surface area contributed by atoms with Crippen molar-refractivity contribution in [2.45, 2.75) is 112 Å². The second-order valence-corrected chi connectivity index (χ2v) is 15.6. The van der Waals surface area contributed by atoms with E-state index in [-0.39, 0.29) is 45.4 Å². The molecule has 0 aromatic heterocycles. The Morgan fingerprint density at radius 2 is 1.64 bits per heavy atom. The number of hydrogen-bond acceptors (Lipinski definition) is 4. The standard InChI is InChI=1S/C34H53NO4/c1-21(2)22-11-17-34(29(38)35-20-14-27(37)39-8)19-18-32(6)23(28(22)34)9-10-25-31(5)15-13-26(36)30(3,4)24(31)12-16-33(25,32)7/h22-25,28H,1,9-20H2,2-8H3,(H,35,38)/t22-,23+,24-,25+,28+,31-,32+,33+,34-/m0/s1. The molecule has 9 atom stereocenters. The van der Waals surface area contributed by atoms with E-state index < -0.39 is 0 Å². The van der Waals surface area contributed by atoms with E-state index in [1.54, 1.807) is 0 Å². The Bertz CT molecular complexity index is 1060. The number of esters is 1. The fraction of sp³-hybridized carbons (Fsp3) is 0.853. The number of carbonyl (C=O) groups excluding carboxylic acids is 3. The molecular formula is C34H53NO4. The van der Waals surface area contributed by atoms with Crippen LogP contribution in [-0.2, 0) is 19.1 Å². The monoisotopic (exact) mass is 539 g/mol. The van der Waals surface area contributed by atoms with Crippen molar-refractivity contribution in [2.75, 3.05) is 13.7 Å². The van der Waals surface area contributed by atoms with Crippen LogP contribution in [0.25, 0.3) is 0 Å². The first-order valence-electron chi connectivity index (χ1n) is 15.7. The molecule has 5 aliphatic rings. The lowest BCUT2D eigenvalue weighted by Crippen LogP contribution is -2.67. The molecule has 0 saturated heterocycles. The van der Waals surface area contributed by atoms with Gasteiger partial charge in [-0.25, -0.2) is 0 Å². The molecule has 5 rings (SSSR count). The number of rotatable bonds is 5. The Hall–Kier alpha value is -1.65. The Labute approximate surface area is 236 Å². The van der Waals surface area contributed by atoms with Crippen molar-refractivity contribution < 1.29 is 19.1 Å². The van der Waals surface area contributed by atoms with Gasteiger partial charge in [0, 0.05) is 18.4 Å². The molecule has 1 N–H and O–H groups in total. The van der Waals surface area contributed by atoms with Crippen molar-refractivity contribution in [3.63, 3.8) is 0 Å². The Morgan fingerprint density at radius 1 is 0.923 bits per heavy atom. The number of ether oxygens (including phenoxy) is 1. The van der Waals surface area contributed by atoms with Gasteiger partial charge in [0.15, 0.2) is 0 Å². The summed E-state index contributed by atoms with van der Waals surface area (Å²) in [4.78, 5) is 38.7.